The Hall–Kier alpha value is -7.76. The Kier molecular flexibility index (Phi) is 7.51. The number of hydrogen-bond donors (Lipinski definition) is 0. The number of benzene rings is 8. The Bertz CT molecular complexity index is 3420. The molecule has 12 rings (SSSR count). The number of para-hydroxylation sites is 4. The first-order valence-corrected chi connectivity index (χ1v) is 20.5. The molecule has 60 heavy (non-hydrogen) atoms. The largest absolute Gasteiger partial charge is 0.455 e. The Morgan fingerprint density at radius 2 is 1.08 bits per heavy atom. The minimum atomic E-state index is -0.196. The van der Waals surface area contributed by atoms with Crippen LogP contribution in [0.25, 0.3) is 83.3 Å². The van der Waals surface area contributed by atoms with Gasteiger partial charge in [0.05, 0.1) is 22.4 Å². The quantitative estimate of drug-likeness (QED) is 0.169. The lowest BCUT2D eigenvalue weighted by atomic mass is 9.82. The fourth-order valence-corrected chi connectivity index (χ4v) is 9.54. The van der Waals surface area contributed by atoms with Gasteiger partial charge >= 0.3 is 0 Å². The number of furan rings is 1. The molecule has 0 radical (unpaired) electrons. The summed E-state index contributed by atoms with van der Waals surface area (Å²) in [6.07, 6.45) is 0. The maximum atomic E-state index is 6.60. The van der Waals surface area contributed by atoms with Crippen molar-refractivity contribution < 1.29 is 4.42 Å². The van der Waals surface area contributed by atoms with Gasteiger partial charge in [0.2, 0.25) is 5.95 Å². The van der Waals surface area contributed by atoms with Crippen molar-refractivity contribution in [1.82, 2.24) is 14.5 Å². The zero-order valence-electron chi connectivity index (χ0n) is 33.2. The van der Waals surface area contributed by atoms with Crippen LogP contribution in [0.5, 0.6) is 0 Å². The third kappa shape index (κ3) is 5.19. The van der Waals surface area contributed by atoms with Crippen molar-refractivity contribution in [3.05, 3.63) is 205 Å². The summed E-state index contributed by atoms with van der Waals surface area (Å²) < 4.78 is 8.87. The Balaban J connectivity index is 1.16. The molecule has 0 bridgehead atoms. The van der Waals surface area contributed by atoms with Crippen molar-refractivity contribution in [2.45, 2.75) is 19.3 Å². The molecule has 11 aromatic rings. The summed E-state index contributed by atoms with van der Waals surface area (Å²) in [7, 11) is 0. The fraction of sp³-hybridized carbons (Fsp3) is 0.0545. The SMILES string of the molecule is CC1(C)c2ccccc2-c2cc3c4cc(N(c5ccccc5)c5ccccc5)ccc4n(-c4nc(-c5ccccc5)cc(-c5cccc6c5oc5ccccc56)n4)c3cc21. The maximum absolute atomic E-state index is 6.60. The summed E-state index contributed by atoms with van der Waals surface area (Å²) in [6, 6.07) is 68.7. The number of rotatable bonds is 6. The Morgan fingerprint density at radius 1 is 0.450 bits per heavy atom. The summed E-state index contributed by atoms with van der Waals surface area (Å²) in [5.41, 5.74) is 15.6. The van der Waals surface area contributed by atoms with Gasteiger partial charge in [0.1, 0.15) is 11.2 Å². The van der Waals surface area contributed by atoms with Crippen LogP contribution in [-0.2, 0) is 5.41 Å². The predicted octanol–water partition coefficient (Wildman–Crippen LogP) is 14.6. The van der Waals surface area contributed by atoms with Crippen molar-refractivity contribution in [1.29, 1.82) is 0 Å². The highest BCUT2D eigenvalue weighted by Gasteiger charge is 2.36. The second kappa shape index (κ2) is 13.1. The molecular formula is C55H38N4O. The number of anilines is 3. The molecule has 3 aromatic heterocycles. The van der Waals surface area contributed by atoms with E-state index in [1.54, 1.807) is 0 Å². The van der Waals surface area contributed by atoms with Crippen LogP contribution in [-0.4, -0.2) is 14.5 Å². The summed E-state index contributed by atoms with van der Waals surface area (Å²) in [5.74, 6) is 0.600. The van der Waals surface area contributed by atoms with Gasteiger partial charge in [0, 0.05) is 55.1 Å². The molecule has 5 nitrogen and oxygen atoms in total. The summed E-state index contributed by atoms with van der Waals surface area (Å²) in [6.45, 7) is 4.68. The van der Waals surface area contributed by atoms with Crippen molar-refractivity contribution in [2.75, 3.05) is 4.90 Å². The monoisotopic (exact) mass is 770 g/mol. The van der Waals surface area contributed by atoms with Gasteiger partial charge in [-0.05, 0) is 95.1 Å². The Morgan fingerprint density at radius 3 is 1.87 bits per heavy atom. The minimum absolute atomic E-state index is 0.196. The molecular weight excluding hydrogens is 733 g/mol. The van der Waals surface area contributed by atoms with E-state index in [-0.39, 0.29) is 5.41 Å². The number of nitrogens with zero attached hydrogens (tertiary/aromatic N) is 4. The molecule has 0 N–H and O–H groups in total. The molecule has 284 valence electrons. The molecule has 8 aromatic carbocycles. The normalized spacial score (nSPS) is 13.0. The van der Waals surface area contributed by atoms with Crippen LogP contribution < -0.4 is 4.90 Å². The summed E-state index contributed by atoms with van der Waals surface area (Å²) >= 11 is 0. The van der Waals surface area contributed by atoms with Crippen molar-refractivity contribution >= 4 is 60.8 Å². The van der Waals surface area contributed by atoms with Gasteiger partial charge in [0.25, 0.3) is 0 Å². The van der Waals surface area contributed by atoms with E-state index >= 15 is 0 Å². The van der Waals surface area contributed by atoms with E-state index in [4.69, 9.17) is 14.4 Å². The van der Waals surface area contributed by atoms with Crippen LogP contribution >= 0.6 is 0 Å². The molecule has 0 aliphatic heterocycles. The number of hydrogen-bond acceptors (Lipinski definition) is 4. The predicted molar refractivity (Wildman–Crippen MR) is 247 cm³/mol. The summed E-state index contributed by atoms with van der Waals surface area (Å²) in [4.78, 5) is 13.2. The molecule has 0 atom stereocenters. The lowest BCUT2D eigenvalue weighted by molar-refractivity contribution is 0.661. The highest BCUT2D eigenvalue weighted by Crippen LogP contribution is 2.51. The molecule has 0 fully saturated rings. The second-order valence-electron chi connectivity index (χ2n) is 16.2. The van der Waals surface area contributed by atoms with Gasteiger partial charge in [-0.2, -0.15) is 0 Å². The number of fused-ring (bicyclic) bond motifs is 9. The average Bonchev–Trinajstić information content (AvgIpc) is 3.92. The van der Waals surface area contributed by atoms with Crippen molar-refractivity contribution in [3.63, 3.8) is 0 Å². The molecule has 0 unspecified atom stereocenters. The standard InChI is InChI=1S/C55H38N4O/c1-55(2)46-27-14-12-23-39(46)43-32-45-44-31-38(58(36-19-8-4-9-20-36)37-21-10-5-11-22-37)29-30-50(44)59(51(45)33-47(43)55)54-56-48(35-17-6-3-7-18-35)34-49(57-54)42-26-16-25-41-40-24-13-15-28-52(40)60-53(41)42/h3-34H,1-2H3. The van der Waals surface area contributed by atoms with E-state index in [9.17, 15) is 0 Å². The average molecular weight is 771 g/mol. The second-order valence-corrected chi connectivity index (χ2v) is 16.2. The smallest absolute Gasteiger partial charge is 0.235 e. The minimum Gasteiger partial charge on any atom is -0.455 e. The van der Waals surface area contributed by atoms with Crippen molar-refractivity contribution in [3.8, 4) is 39.6 Å². The van der Waals surface area contributed by atoms with Gasteiger partial charge < -0.3 is 9.32 Å². The van der Waals surface area contributed by atoms with Crippen LogP contribution in [0.1, 0.15) is 25.0 Å². The van der Waals surface area contributed by atoms with Crippen LogP contribution in [0.4, 0.5) is 17.1 Å². The van der Waals surface area contributed by atoms with E-state index in [0.717, 1.165) is 83.3 Å². The highest BCUT2D eigenvalue weighted by molar-refractivity contribution is 6.13. The van der Waals surface area contributed by atoms with Gasteiger partial charge in [-0.1, -0.05) is 135 Å². The van der Waals surface area contributed by atoms with E-state index < -0.39 is 0 Å². The zero-order valence-corrected chi connectivity index (χ0v) is 33.2. The topological polar surface area (TPSA) is 47.1 Å². The third-order valence-electron chi connectivity index (χ3n) is 12.4. The van der Waals surface area contributed by atoms with Gasteiger partial charge in [-0.15, -0.1) is 0 Å². The van der Waals surface area contributed by atoms with Gasteiger partial charge in [-0.3, -0.25) is 4.57 Å². The highest BCUT2D eigenvalue weighted by atomic mass is 16.3. The molecule has 1 aliphatic rings. The van der Waals surface area contributed by atoms with Crippen LogP contribution in [0.3, 0.4) is 0 Å². The van der Waals surface area contributed by atoms with Crippen LogP contribution in [0.15, 0.2) is 199 Å². The molecule has 0 saturated heterocycles. The number of aromatic nitrogens is 3. The van der Waals surface area contributed by atoms with Gasteiger partial charge in [-0.25, -0.2) is 9.97 Å². The van der Waals surface area contributed by atoms with Gasteiger partial charge in [0.15, 0.2) is 0 Å². The lowest BCUT2D eigenvalue weighted by Crippen LogP contribution is -2.15. The van der Waals surface area contributed by atoms with Crippen molar-refractivity contribution in [2.24, 2.45) is 0 Å². The first-order valence-electron chi connectivity index (χ1n) is 20.5. The molecule has 0 spiro atoms. The molecule has 3 heterocycles. The zero-order chi connectivity index (χ0) is 40.0. The molecule has 0 saturated carbocycles. The van der Waals surface area contributed by atoms with Crippen LogP contribution in [0, 0.1) is 0 Å². The fourth-order valence-electron chi connectivity index (χ4n) is 9.54. The first-order chi connectivity index (χ1) is 29.5. The first kappa shape index (κ1) is 34.3. The third-order valence-corrected chi connectivity index (χ3v) is 12.4. The lowest BCUT2D eigenvalue weighted by Gasteiger charge is -2.25. The van der Waals surface area contributed by atoms with E-state index in [2.05, 4.69) is 199 Å². The van der Waals surface area contributed by atoms with Crippen LogP contribution in [0.2, 0.25) is 0 Å². The summed E-state index contributed by atoms with van der Waals surface area (Å²) in [5, 5.41) is 4.42. The molecule has 0 amide bonds. The molecule has 5 heteroatoms. The Labute approximate surface area is 347 Å². The maximum Gasteiger partial charge on any atom is 0.235 e. The van der Waals surface area contributed by atoms with E-state index in [0.29, 0.717) is 5.95 Å². The molecule has 1 aliphatic carbocycles. The van der Waals surface area contributed by atoms with E-state index in [1.165, 1.54) is 22.3 Å². The van der Waals surface area contributed by atoms with E-state index in [1.807, 2.05) is 18.2 Å².